The smallest absolute Gasteiger partial charge is 0.157 e. The number of nitriles is 1. The molecule has 0 bridgehead atoms. The number of furan rings is 1. The van der Waals surface area contributed by atoms with Gasteiger partial charge >= 0.3 is 0 Å². The van der Waals surface area contributed by atoms with Gasteiger partial charge in [0.05, 0.1) is 23.0 Å². The average molecular weight is 335 g/mol. The van der Waals surface area contributed by atoms with Gasteiger partial charge in [0.15, 0.2) is 5.65 Å². The van der Waals surface area contributed by atoms with Gasteiger partial charge in [0.25, 0.3) is 0 Å². The highest BCUT2D eigenvalue weighted by Gasteiger charge is 2.19. The Labute approximate surface area is 149 Å². The predicted octanol–water partition coefficient (Wildman–Crippen LogP) is 5.29. The van der Waals surface area contributed by atoms with Gasteiger partial charge < -0.3 is 4.42 Å². The molecule has 3 heterocycles. The van der Waals surface area contributed by atoms with Crippen molar-refractivity contribution in [1.29, 1.82) is 5.26 Å². The summed E-state index contributed by atoms with van der Waals surface area (Å²) in [5.41, 5.74) is 5.76. The third-order valence-corrected chi connectivity index (χ3v) is 4.54. The molecule has 0 amide bonds. The molecule has 5 rings (SSSR count). The third-order valence-electron chi connectivity index (χ3n) is 4.54. The van der Waals surface area contributed by atoms with Crippen molar-refractivity contribution in [2.45, 2.75) is 0 Å². The minimum atomic E-state index is 0.510. The van der Waals surface area contributed by atoms with Crippen LogP contribution in [0.1, 0.15) is 5.56 Å². The summed E-state index contributed by atoms with van der Waals surface area (Å²) in [6, 6.07) is 26.1. The lowest BCUT2D eigenvalue weighted by Gasteiger charge is -2.11. The zero-order chi connectivity index (χ0) is 17.5. The summed E-state index contributed by atoms with van der Waals surface area (Å²) in [5.74, 6) is 0.660. The van der Waals surface area contributed by atoms with Crippen molar-refractivity contribution in [2.24, 2.45) is 0 Å². The Morgan fingerprint density at radius 2 is 1.73 bits per heavy atom. The van der Waals surface area contributed by atoms with Crippen LogP contribution in [0.15, 0.2) is 83.5 Å². The molecule has 0 N–H and O–H groups in total. The van der Waals surface area contributed by atoms with Gasteiger partial charge in [-0.15, -0.1) is 0 Å². The molecule has 122 valence electrons. The number of benzene rings is 2. The van der Waals surface area contributed by atoms with Crippen LogP contribution in [-0.4, -0.2) is 9.38 Å². The highest BCUT2D eigenvalue weighted by molar-refractivity contribution is 5.90. The minimum Gasteiger partial charge on any atom is -0.464 e. The second kappa shape index (κ2) is 5.61. The lowest BCUT2D eigenvalue weighted by atomic mass is 10.0. The Balaban J connectivity index is 2.00. The molecule has 0 atom stereocenters. The Hall–Kier alpha value is -3.84. The summed E-state index contributed by atoms with van der Waals surface area (Å²) in [4.78, 5) is 4.74. The second-order valence-electron chi connectivity index (χ2n) is 6.03. The largest absolute Gasteiger partial charge is 0.464 e. The monoisotopic (exact) mass is 335 g/mol. The van der Waals surface area contributed by atoms with Crippen LogP contribution in [-0.2, 0) is 0 Å². The second-order valence-corrected chi connectivity index (χ2v) is 6.03. The van der Waals surface area contributed by atoms with Crippen LogP contribution in [0.4, 0.5) is 0 Å². The molecule has 26 heavy (non-hydrogen) atoms. The first-order chi connectivity index (χ1) is 12.9. The summed E-state index contributed by atoms with van der Waals surface area (Å²) in [6.45, 7) is 0. The molecule has 0 aliphatic heterocycles. The summed E-state index contributed by atoms with van der Waals surface area (Å²) < 4.78 is 7.64. The van der Waals surface area contributed by atoms with E-state index in [1.807, 2.05) is 60.7 Å². The molecule has 4 heteroatoms. The van der Waals surface area contributed by atoms with E-state index in [4.69, 9.17) is 9.40 Å². The number of fused-ring (bicyclic) bond motifs is 3. The van der Waals surface area contributed by atoms with E-state index in [1.165, 1.54) is 0 Å². The number of nitrogens with zero attached hydrogens (tertiary/aromatic N) is 3. The lowest BCUT2D eigenvalue weighted by molar-refractivity contribution is 0.582. The number of rotatable bonds is 2. The van der Waals surface area contributed by atoms with Gasteiger partial charge in [-0.2, -0.15) is 5.26 Å². The molecule has 0 spiro atoms. The minimum absolute atomic E-state index is 0.510. The maximum atomic E-state index is 9.86. The zero-order valence-corrected chi connectivity index (χ0v) is 13.8. The Morgan fingerprint density at radius 3 is 2.50 bits per heavy atom. The fourth-order valence-electron chi connectivity index (χ4n) is 3.39. The summed E-state index contributed by atoms with van der Waals surface area (Å²) in [7, 11) is 0. The average Bonchev–Trinajstić information content (AvgIpc) is 3.35. The number of hydrogen-bond donors (Lipinski definition) is 0. The Kier molecular flexibility index (Phi) is 3.13. The van der Waals surface area contributed by atoms with Crippen molar-refractivity contribution in [3.8, 4) is 28.7 Å². The number of hydrogen-bond acceptors (Lipinski definition) is 3. The molecule has 3 aromatic heterocycles. The van der Waals surface area contributed by atoms with E-state index >= 15 is 0 Å². The van der Waals surface area contributed by atoms with E-state index < -0.39 is 0 Å². The number of pyridine rings is 1. The molecule has 0 aliphatic rings. The standard InChI is InChI=1S/C22H13N3O/c23-14-17-16(21-11-6-12-26-21)13-20(15-7-2-1-3-8-15)25-19-10-5-4-9-18(19)24-22(17)25/h1-13H. The van der Waals surface area contributed by atoms with Crippen molar-refractivity contribution in [1.82, 2.24) is 9.38 Å². The molecule has 4 nitrogen and oxygen atoms in total. The molecule has 2 aromatic carbocycles. The van der Waals surface area contributed by atoms with Crippen LogP contribution in [0.5, 0.6) is 0 Å². The molecule has 0 aliphatic carbocycles. The van der Waals surface area contributed by atoms with Gasteiger partial charge in [-0.25, -0.2) is 4.98 Å². The highest BCUT2D eigenvalue weighted by atomic mass is 16.3. The first-order valence-corrected chi connectivity index (χ1v) is 8.30. The molecule has 0 saturated carbocycles. The SMILES string of the molecule is N#Cc1c(-c2ccco2)cc(-c2ccccc2)n2c1nc1ccccc12. The van der Waals surface area contributed by atoms with Crippen molar-refractivity contribution in [3.05, 3.63) is 84.6 Å². The van der Waals surface area contributed by atoms with Crippen LogP contribution in [0, 0.1) is 11.3 Å². The molecular weight excluding hydrogens is 322 g/mol. The van der Waals surface area contributed by atoms with Gasteiger partial charge in [0.1, 0.15) is 17.4 Å². The molecule has 0 saturated heterocycles. The van der Waals surface area contributed by atoms with Crippen LogP contribution in [0.25, 0.3) is 39.3 Å². The maximum Gasteiger partial charge on any atom is 0.157 e. The number of para-hydroxylation sites is 2. The van der Waals surface area contributed by atoms with Gasteiger partial charge in [-0.1, -0.05) is 42.5 Å². The normalized spacial score (nSPS) is 11.0. The van der Waals surface area contributed by atoms with E-state index in [2.05, 4.69) is 22.6 Å². The van der Waals surface area contributed by atoms with Gasteiger partial charge in [0.2, 0.25) is 0 Å². The van der Waals surface area contributed by atoms with E-state index in [1.54, 1.807) is 6.26 Å². The molecule has 0 radical (unpaired) electrons. The number of imidazole rings is 1. The summed E-state index contributed by atoms with van der Waals surface area (Å²) in [5, 5.41) is 9.86. The van der Waals surface area contributed by atoms with E-state index in [0.29, 0.717) is 17.0 Å². The quantitative estimate of drug-likeness (QED) is 0.440. The third kappa shape index (κ3) is 2.04. The topological polar surface area (TPSA) is 54.2 Å². The first kappa shape index (κ1) is 14.5. The lowest BCUT2D eigenvalue weighted by Crippen LogP contribution is -1.98. The fourth-order valence-corrected chi connectivity index (χ4v) is 3.39. The fraction of sp³-hybridized carbons (Fsp3) is 0. The van der Waals surface area contributed by atoms with Crippen LogP contribution in [0.3, 0.4) is 0 Å². The van der Waals surface area contributed by atoms with E-state index in [0.717, 1.165) is 27.9 Å². The van der Waals surface area contributed by atoms with Crippen molar-refractivity contribution in [2.75, 3.05) is 0 Å². The number of aromatic nitrogens is 2. The predicted molar refractivity (Wildman–Crippen MR) is 101 cm³/mol. The van der Waals surface area contributed by atoms with Crippen LogP contribution >= 0.6 is 0 Å². The highest BCUT2D eigenvalue weighted by Crippen LogP contribution is 2.34. The first-order valence-electron chi connectivity index (χ1n) is 8.30. The van der Waals surface area contributed by atoms with Gasteiger partial charge in [-0.05, 0) is 35.9 Å². The zero-order valence-electron chi connectivity index (χ0n) is 13.8. The Bertz CT molecular complexity index is 1280. The van der Waals surface area contributed by atoms with E-state index in [9.17, 15) is 5.26 Å². The van der Waals surface area contributed by atoms with Crippen molar-refractivity contribution < 1.29 is 4.42 Å². The molecule has 0 unspecified atom stereocenters. The van der Waals surface area contributed by atoms with Crippen LogP contribution in [0.2, 0.25) is 0 Å². The Morgan fingerprint density at radius 1 is 0.923 bits per heavy atom. The van der Waals surface area contributed by atoms with E-state index in [-0.39, 0.29) is 0 Å². The van der Waals surface area contributed by atoms with Crippen molar-refractivity contribution in [3.63, 3.8) is 0 Å². The maximum absolute atomic E-state index is 9.86. The summed E-state index contributed by atoms with van der Waals surface area (Å²) in [6.07, 6.45) is 1.62. The molecule has 5 aromatic rings. The van der Waals surface area contributed by atoms with Gasteiger partial charge in [0, 0.05) is 5.56 Å². The summed E-state index contributed by atoms with van der Waals surface area (Å²) >= 11 is 0. The van der Waals surface area contributed by atoms with Gasteiger partial charge in [-0.3, -0.25) is 4.40 Å². The van der Waals surface area contributed by atoms with Crippen molar-refractivity contribution >= 4 is 16.7 Å². The van der Waals surface area contributed by atoms with Crippen LogP contribution < -0.4 is 0 Å². The molecule has 0 fully saturated rings. The molecular formula is C22H13N3O.